The van der Waals surface area contributed by atoms with E-state index in [9.17, 15) is 13.2 Å². The summed E-state index contributed by atoms with van der Waals surface area (Å²) in [4.78, 5) is 12.8. The Balaban J connectivity index is 1.59. The van der Waals surface area contributed by atoms with E-state index in [2.05, 4.69) is 11.8 Å². The van der Waals surface area contributed by atoms with Crippen molar-refractivity contribution in [3.63, 3.8) is 0 Å². The lowest BCUT2D eigenvalue weighted by molar-refractivity contribution is -0.117. The number of halogens is 2. The largest absolute Gasteiger partial charge is 0.474 e. The van der Waals surface area contributed by atoms with Gasteiger partial charge in [-0.3, -0.25) is 4.79 Å². The lowest BCUT2D eigenvalue weighted by atomic mass is 10.0. The van der Waals surface area contributed by atoms with E-state index in [4.69, 9.17) is 27.9 Å². The smallest absolute Gasteiger partial charge is 0.178 e. The summed E-state index contributed by atoms with van der Waals surface area (Å²) in [5.41, 5.74) is 1.69. The number of ether oxygens (including phenoxy) is 1. The SMILES string of the molecule is CCS(=O)(=O)c1ccc(CC(=O)Cc2ccc(C#CC(C)(C)Oc3ccc(Cl)cc3Cl)cc2)cc1. The van der Waals surface area contributed by atoms with E-state index in [0.29, 0.717) is 15.8 Å². The number of hydrogen-bond donors (Lipinski definition) is 0. The zero-order chi connectivity index (χ0) is 25.6. The first-order valence-electron chi connectivity index (χ1n) is 11.1. The lowest BCUT2D eigenvalue weighted by Crippen LogP contribution is -2.26. The van der Waals surface area contributed by atoms with Crippen molar-refractivity contribution in [3.8, 4) is 17.6 Å². The molecule has 0 spiro atoms. The van der Waals surface area contributed by atoms with E-state index in [1.54, 1.807) is 49.4 Å². The van der Waals surface area contributed by atoms with Crippen LogP contribution in [-0.4, -0.2) is 25.6 Å². The predicted molar refractivity (Wildman–Crippen MR) is 141 cm³/mol. The third-order valence-corrected chi connectivity index (χ3v) is 7.47. The number of ketones is 1. The summed E-state index contributed by atoms with van der Waals surface area (Å²) in [5.74, 6) is 6.80. The molecule has 35 heavy (non-hydrogen) atoms. The van der Waals surface area contributed by atoms with Gasteiger partial charge in [0.25, 0.3) is 0 Å². The van der Waals surface area contributed by atoms with Crippen LogP contribution >= 0.6 is 23.2 Å². The summed E-state index contributed by atoms with van der Waals surface area (Å²) in [6.07, 6.45) is 0.527. The van der Waals surface area contributed by atoms with E-state index in [0.717, 1.165) is 16.7 Å². The van der Waals surface area contributed by atoms with Crippen molar-refractivity contribution < 1.29 is 17.9 Å². The first-order chi connectivity index (χ1) is 16.5. The Morgan fingerprint density at radius 3 is 2.03 bits per heavy atom. The van der Waals surface area contributed by atoms with Crippen LogP contribution in [0.3, 0.4) is 0 Å². The highest BCUT2D eigenvalue weighted by Crippen LogP contribution is 2.30. The van der Waals surface area contributed by atoms with Gasteiger partial charge in [0, 0.05) is 23.4 Å². The molecule has 0 aromatic heterocycles. The second kappa shape index (κ2) is 11.3. The summed E-state index contributed by atoms with van der Waals surface area (Å²) in [6, 6.07) is 19.0. The molecule has 7 heteroatoms. The minimum atomic E-state index is -3.24. The molecule has 0 saturated heterocycles. The average Bonchev–Trinajstić information content (AvgIpc) is 2.81. The standard InChI is InChI=1S/C28H26Cl2O4S/c1-4-35(32,33)25-12-9-22(10-13-25)18-24(31)17-21-7-5-20(6-8-21)15-16-28(2,3)34-27-14-11-23(29)19-26(27)30/h5-14,19H,4,17-18H2,1-3H3. The first-order valence-corrected chi connectivity index (χ1v) is 13.5. The molecule has 3 rings (SSSR count). The maximum Gasteiger partial charge on any atom is 0.178 e. The fraction of sp³-hybridized carbons (Fsp3) is 0.250. The number of sulfone groups is 1. The summed E-state index contributed by atoms with van der Waals surface area (Å²) in [7, 11) is -3.24. The van der Waals surface area contributed by atoms with Crippen LogP contribution in [0, 0.1) is 11.8 Å². The molecule has 0 unspecified atom stereocenters. The Labute approximate surface area is 217 Å². The Morgan fingerprint density at radius 2 is 1.49 bits per heavy atom. The normalized spacial score (nSPS) is 11.5. The van der Waals surface area contributed by atoms with Crippen LogP contribution in [0.5, 0.6) is 5.75 Å². The molecule has 0 aliphatic carbocycles. The molecule has 3 aromatic rings. The molecule has 4 nitrogen and oxygen atoms in total. The Hall–Kier alpha value is -2.78. The molecule has 0 radical (unpaired) electrons. The quantitative estimate of drug-likeness (QED) is 0.319. The average molecular weight is 529 g/mol. The maximum absolute atomic E-state index is 12.5. The number of rotatable bonds is 8. The summed E-state index contributed by atoms with van der Waals surface area (Å²) >= 11 is 12.1. The van der Waals surface area contributed by atoms with Gasteiger partial charge < -0.3 is 4.74 Å². The molecule has 0 aliphatic heterocycles. The van der Waals surface area contributed by atoms with Crippen molar-refractivity contribution in [1.29, 1.82) is 0 Å². The molecule has 0 aliphatic rings. The van der Waals surface area contributed by atoms with Gasteiger partial charge in [0.2, 0.25) is 0 Å². The second-order valence-electron chi connectivity index (χ2n) is 8.57. The van der Waals surface area contributed by atoms with E-state index in [-0.39, 0.29) is 29.3 Å². The van der Waals surface area contributed by atoms with Gasteiger partial charge in [-0.1, -0.05) is 66.2 Å². The molecule has 0 N–H and O–H groups in total. The predicted octanol–water partition coefficient (Wildman–Crippen LogP) is 6.35. The van der Waals surface area contributed by atoms with Gasteiger partial charge in [0.15, 0.2) is 15.4 Å². The van der Waals surface area contributed by atoms with E-state index < -0.39 is 15.4 Å². The van der Waals surface area contributed by atoms with Crippen LogP contribution < -0.4 is 4.74 Å². The number of benzene rings is 3. The first kappa shape index (κ1) is 26.8. The third kappa shape index (κ3) is 7.86. The topological polar surface area (TPSA) is 60.4 Å². The molecule has 0 bridgehead atoms. The number of carbonyl (C=O) groups is 1. The van der Waals surface area contributed by atoms with Gasteiger partial charge in [-0.25, -0.2) is 8.42 Å². The van der Waals surface area contributed by atoms with E-state index in [1.807, 2.05) is 38.1 Å². The van der Waals surface area contributed by atoms with Gasteiger partial charge in [-0.2, -0.15) is 0 Å². The second-order valence-corrected chi connectivity index (χ2v) is 11.7. The van der Waals surface area contributed by atoms with Crippen molar-refractivity contribution in [3.05, 3.63) is 93.5 Å². The van der Waals surface area contributed by atoms with Gasteiger partial charge >= 0.3 is 0 Å². The van der Waals surface area contributed by atoms with Crippen molar-refractivity contribution >= 4 is 38.8 Å². The monoisotopic (exact) mass is 528 g/mol. The fourth-order valence-electron chi connectivity index (χ4n) is 3.29. The molecular weight excluding hydrogens is 503 g/mol. The zero-order valence-corrected chi connectivity index (χ0v) is 22.1. The fourth-order valence-corrected chi connectivity index (χ4v) is 4.62. The van der Waals surface area contributed by atoms with Crippen molar-refractivity contribution in [1.82, 2.24) is 0 Å². The highest BCUT2D eigenvalue weighted by molar-refractivity contribution is 7.91. The molecule has 0 atom stereocenters. The summed E-state index contributed by atoms with van der Waals surface area (Å²) in [5, 5.41) is 0.952. The van der Waals surface area contributed by atoms with E-state index in [1.165, 1.54) is 0 Å². The van der Waals surface area contributed by atoms with Crippen LogP contribution in [0.4, 0.5) is 0 Å². The zero-order valence-electron chi connectivity index (χ0n) is 19.8. The molecule has 3 aromatic carbocycles. The molecule has 0 saturated carbocycles. The number of Topliss-reactive ketones (excluding diaryl/α,β-unsaturated/α-hetero) is 1. The highest BCUT2D eigenvalue weighted by atomic mass is 35.5. The van der Waals surface area contributed by atoms with Crippen LogP contribution in [0.1, 0.15) is 37.5 Å². The molecule has 0 heterocycles. The van der Waals surface area contributed by atoms with Crippen molar-refractivity contribution in [2.45, 2.75) is 44.1 Å². The maximum atomic E-state index is 12.5. The number of carbonyl (C=O) groups excluding carboxylic acids is 1. The Morgan fingerprint density at radius 1 is 0.914 bits per heavy atom. The summed E-state index contributed by atoms with van der Waals surface area (Å²) in [6.45, 7) is 5.31. The van der Waals surface area contributed by atoms with E-state index >= 15 is 0 Å². The molecular formula is C28H26Cl2O4S. The van der Waals surface area contributed by atoms with Crippen LogP contribution in [-0.2, 0) is 27.5 Å². The number of hydrogen-bond acceptors (Lipinski definition) is 4. The van der Waals surface area contributed by atoms with Crippen LogP contribution in [0.2, 0.25) is 10.0 Å². The van der Waals surface area contributed by atoms with Crippen molar-refractivity contribution in [2.75, 3.05) is 5.75 Å². The van der Waals surface area contributed by atoms with Gasteiger partial charge in [0.1, 0.15) is 11.5 Å². The van der Waals surface area contributed by atoms with Crippen LogP contribution in [0.15, 0.2) is 71.6 Å². The molecule has 0 fully saturated rings. The summed E-state index contributed by atoms with van der Waals surface area (Å²) < 4.78 is 29.8. The molecule has 0 amide bonds. The highest BCUT2D eigenvalue weighted by Gasteiger charge is 2.18. The Kier molecular flexibility index (Phi) is 8.66. The van der Waals surface area contributed by atoms with Gasteiger partial charge in [-0.15, -0.1) is 0 Å². The minimum absolute atomic E-state index is 0.0457. The Bertz CT molecular complexity index is 1370. The van der Waals surface area contributed by atoms with Gasteiger partial charge in [-0.05, 0) is 67.4 Å². The molecule has 182 valence electrons. The lowest BCUT2D eigenvalue weighted by Gasteiger charge is -2.21. The van der Waals surface area contributed by atoms with Crippen molar-refractivity contribution in [2.24, 2.45) is 0 Å². The minimum Gasteiger partial charge on any atom is -0.474 e. The van der Waals surface area contributed by atoms with Crippen LogP contribution in [0.25, 0.3) is 0 Å². The van der Waals surface area contributed by atoms with Gasteiger partial charge in [0.05, 0.1) is 15.7 Å². The third-order valence-electron chi connectivity index (χ3n) is 5.19.